The predicted molar refractivity (Wildman–Crippen MR) is 93.2 cm³/mol. The molecule has 2 aliphatic heterocycles. The molecule has 2 aliphatic rings. The number of hydrogen-bond donors (Lipinski definition) is 1. The van der Waals surface area contributed by atoms with E-state index in [0.29, 0.717) is 5.92 Å². The number of carbonyl (C=O) groups is 1. The molecule has 4 heterocycles. The van der Waals surface area contributed by atoms with Crippen molar-refractivity contribution >= 4 is 17.4 Å². The number of carbonyl (C=O) groups excluding carboxylic acids is 1. The Morgan fingerprint density at radius 2 is 2.24 bits per heavy atom. The Bertz CT molecular complexity index is 754. The summed E-state index contributed by atoms with van der Waals surface area (Å²) >= 11 is 0. The molecule has 1 N–H and O–H groups in total. The van der Waals surface area contributed by atoms with Crippen LogP contribution in [0.4, 0.5) is 11.5 Å². The normalized spacial score (nSPS) is 25.5. The molecule has 2 fully saturated rings. The van der Waals surface area contributed by atoms with Crippen LogP contribution in [0.5, 0.6) is 0 Å². The van der Waals surface area contributed by atoms with E-state index in [-0.39, 0.29) is 12.0 Å². The number of aryl methyl sites for hydroxylation is 1. The summed E-state index contributed by atoms with van der Waals surface area (Å²) in [5, 5.41) is 2.94. The second kappa shape index (κ2) is 6.76. The summed E-state index contributed by atoms with van der Waals surface area (Å²) in [7, 11) is 0. The Kier molecular flexibility index (Phi) is 4.31. The summed E-state index contributed by atoms with van der Waals surface area (Å²) in [5.74, 6) is 1.25. The highest BCUT2D eigenvalue weighted by Crippen LogP contribution is 2.34. The topological polar surface area (TPSA) is 80.2 Å². The van der Waals surface area contributed by atoms with Gasteiger partial charge in [0, 0.05) is 25.5 Å². The van der Waals surface area contributed by atoms with E-state index in [1.165, 1.54) is 0 Å². The summed E-state index contributed by atoms with van der Waals surface area (Å²) in [5.41, 5.74) is 1.55. The third kappa shape index (κ3) is 3.32. The molecule has 0 spiro atoms. The summed E-state index contributed by atoms with van der Waals surface area (Å²) in [6, 6.07) is 5.58. The van der Waals surface area contributed by atoms with Crippen LogP contribution in [-0.4, -0.2) is 46.2 Å². The molecule has 0 bridgehead atoms. The summed E-state index contributed by atoms with van der Waals surface area (Å²) in [6.45, 7) is 3.57. The summed E-state index contributed by atoms with van der Waals surface area (Å²) in [4.78, 5) is 27.2. The first-order chi connectivity index (χ1) is 12.2. The fraction of sp³-hybridized carbons (Fsp3) is 0.444. The number of piperidine rings is 1. The van der Waals surface area contributed by atoms with Crippen molar-refractivity contribution in [1.82, 2.24) is 15.0 Å². The van der Waals surface area contributed by atoms with Crippen LogP contribution in [0.1, 0.15) is 18.5 Å². The molecule has 0 saturated carbocycles. The Morgan fingerprint density at radius 3 is 3.04 bits per heavy atom. The Balaban J connectivity index is 1.39. The van der Waals surface area contributed by atoms with E-state index in [9.17, 15) is 4.79 Å². The van der Waals surface area contributed by atoms with Gasteiger partial charge in [-0.15, -0.1) is 0 Å². The average Bonchev–Trinajstić information content (AvgIpc) is 3.08. The molecule has 0 aliphatic carbocycles. The van der Waals surface area contributed by atoms with E-state index >= 15 is 0 Å². The number of aromatic nitrogens is 3. The number of hydrogen-bond acceptors (Lipinski definition) is 6. The van der Waals surface area contributed by atoms with Crippen molar-refractivity contribution in [3.05, 3.63) is 42.6 Å². The van der Waals surface area contributed by atoms with Gasteiger partial charge in [0.25, 0.3) is 5.91 Å². The molecule has 0 aromatic carbocycles. The van der Waals surface area contributed by atoms with Crippen molar-refractivity contribution in [3.63, 3.8) is 0 Å². The molecule has 7 heteroatoms. The number of anilines is 2. The zero-order valence-electron chi connectivity index (χ0n) is 14.1. The van der Waals surface area contributed by atoms with Gasteiger partial charge in [-0.05, 0) is 43.9 Å². The van der Waals surface area contributed by atoms with Crippen LogP contribution >= 0.6 is 0 Å². The quantitative estimate of drug-likeness (QED) is 0.918. The van der Waals surface area contributed by atoms with Gasteiger partial charge in [0.15, 0.2) is 0 Å². The molecule has 7 nitrogen and oxygen atoms in total. The molecule has 1 amide bonds. The highest BCUT2D eigenvalue weighted by atomic mass is 16.5. The van der Waals surface area contributed by atoms with Crippen LogP contribution in [0.25, 0.3) is 0 Å². The van der Waals surface area contributed by atoms with Crippen LogP contribution in [0.3, 0.4) is 0 Å². The van der Waals surface area contributed by atoms with Gasteiger partial charge in [-0.25, -0.2) is 9.97 Å². The van der Waals surface area contributed by atoms with E-state index in [2.05, 4.69) is 25.2 Å². The summed E-state index contributed by atoms with van der Waals surface area (Å²) in [6.07, 6.45) is 6.46. The first-order valence-electron chi connectivity index (χ1n) is 8.59. The van der Waals surface area contributed by atoms with E-state index in [1.54, 1.807) is 18.7 Å². The largest absolute Gasteiger partial charge is 0.363 e. The highest BCUT2D eigenvalue weighted by Gasteiger charge is 2.42. The van der Waals surface area contributed by atoms with Crippen LogP contribution in [0.2, 0.25) is 0 Å². The molecule has 0 unspecified atom stereocenters. The van der Waals surface area contributed by atoms with Crippen molar-refractivity contribution in [1.29, 1.82) is 0 Å². The monoisotopic (exact) mass is 339 g/mol. The van der Waals surface area contributed by atoms with Gasteiger partial charge in [0.1, 0.15) is 18.2 Å². The van der Waals surface area contributed by atoms with E-state index in [1.807, 2.05) is 25.1 Å². The second-order valence-electron chi connectivity index (χ2n) is 6.59. The first kappa shape index (κ1) is 16.0. The zero-order chi connectivity index (χ0) is 17.2. The SMILES string of the molecule is Cc1ncccc1NC(=O)[C@@H]1C[C@@H]2CCN(c3ccncn3)C[C@H]2O1. The standard InChI is InChI=1S/C18H21N5O2/c1-12-14(3-2-6-20-12)22-18(24)15-9-13-5-8-23(10-16(13)25-15)17-4-7-19-11-21-17/h2-4,6-7,11,13,15-16H,5,8-10H2,1H3,(H,22,24)/t13-,15-,16+/m0/s1. The number of amides is 1. The number of rotatable bonds is 3. The smallest absolute Gasteiger partial charge is 0.253 e. The van der Waals surface area contributed by atoms with E-state index in [0.717, 1.165) is 43.1 Å². The molecule has 2 aromatic rings. The maximum Gasteiger partial charge on any atom is 0.253 e. The lowest BCUT2D eigenvalue weighted by Gasteiger charge is -2.34. The van der Waals surface area contributed by atoms with Crippen molar-refractivity contribution < 1.29 is 9.53 Å². The molecular weight excluding hydrogens is 318 g/mol. The van der Waals surface area contributed by atoms with Crippen molar-refractivity contribution in [2.45, 2.75) is 32.0 Å². The second-order valence-corrected chi connectivity index (χ2v) is 6.59. The lowest BCUT2D eigenvalue weighted by molar-refractivity contribution is -0.126. The average molecular weight is 339 g/mol. The van der Waals surface area contributed by atoms with Gasteiger partial charge in [-0.3, -0.25) is 9.78 Å². The predicted octanol–water partition coefficient (Wildman–Crippen LogP) is 1.80. The van der Waals surface area contributed by atoms with Gasteiger partial charge in [0.2, 0.25) is 0 Å². The fourth-order valence-corrected chi connectivity index (χ4v) is 3.61. The minimum Gasteiger partial charge on any atom is -0.363 e. The molecule has 25 heavy (non-hydrogen) atoms. The van der Waals surface area contributed by atoms with Crippen LogP contribution < -0.4 is 10.2 Å². The van der Waals surface area contributed by atoms with Crippen molar-refractivity contribution in [3.8, 4) is 0 Å². The molecule has 130 valence electrons. The fourth-order valence-electron chi connectivity index (χ4n) is 3.61. The molecule has 3 atom stereocenters. The van der Waals surface area contributed by atoms with Gasteiger partial charge in [-0.2, -0.15) is 0 Å². The van der Waals surface area contributed by atoms with Crippen molar-refractivity contribution in [2.24, 2.45) is 5.92 Å². The third-order valence-electron chi connectivity index (χ3n) is 5.00. The Labute approximate surface area is 146 Å². The van der Waals surface area contributed by atoms with Crippen molar-refractivity contribution in [2.75, 3.05) is 23.3 Å². The van der Waals surface area contributed by atoms with Gasteiger partial charge >= 0.3 is 0 Å². The maximum absolute atomic E-state index is 12.6. The van der Waals surface area contributed by atoms with E-state index < -0.39 is 6.10 Å². The number of nitrogens with one attached hydrogen (secondary N) is 1. The van der Waals surface area contributed by atoms with E-state index in [4.69, 9.17) is 4.74 Å². The minimum absolute atomic E-state index is 0.0643. The number of ether oxygens (including phenoxy) is 1. The Morgan fingerprint density at radius 1 is 1.32 bits per heavy atom. The lowest BCUT2D eigenvalue weighted by Crippen LogP contribution is -2.42. The van der Waals surface area contributed by atoms with Gasteiger partial charge in [-0.1, -0.05) is 0 Å². The maximum atomic E-state index is 12.6. The molecule has 0 radical (unpaired) electrons. The summed E-state index contributed by atoms with van der Waals surface area (Å²) < 4.78 is 6.07. The zero-order valence-corrected chi connectivity index (χ0v) is 14.1. The molecule has 2 aromatic heterocycles. The van der Waals surface area contributed by atoms with Gasteiger partial charge in [0.05, 0.1) is 17.5 Å². The lowest BCUT2D eigenvalue weighted by atomic mass is 9.91. The molecule has 2 saturated heterocycles. The van der Waals surface area contributed by atoms with Gasteiger partial charge < -0.3 is 15.0 Å². The minimum atomic E-state index is -0.403. The van der Waals surface area contributed by atoms with Crippen LogP contribution in [-0.2, 0) is 9.53 Å². The highest BCUT2D eigenvalue weighted by molar-refractivity contribution is 5.94. The van der Waals surface area contributed by atoms with Crippen LogP contribution in [0.15, 0.2) is 36.9 Å². The molecule has 4 rings (SSSR count). The number of fused-ring (bicyclic) bond motifs is 1. The molecular formula is C18H21N5O2. The Hall–Kier alpha value is -2.54. The first-order valence-corrected chi connectivity index (χ1v) is 8.59. The third-order valence-corrected chi connectivity index (χ3v) is 5.00. The number of pyridine rings is 1. The number of nitrogens with zero attached hydrogens (tertiary/aromatic N) is 4. The van der Waals surface area contributed by atoms with Crippen LogP contribution in [0, 0.1) is 12.8 Å².